The minimum absolute atomic E-state index is 0.143. The van der Waals surface area contributed by atoms with Gasteiger partial charge in [0.05, 0.1) is 4.90 Å². The summed E-state index contributed by atoms with van der Waals surface area (Å²) < 4.78 is 36.9. The lowest BCUT2D eigenvalue weighted by Crippen LogP contribution is -2.26. The lowest BCUT2D eigenvalue weighted by atomic mass is 9.98. The van der Waals surface area contributed by atoms with E-state index in [1.54, 1.807) is 0 Å². The number of sulfone groups is 1. The molecule has 3 nitrogen and oxygen atoms in total. The van der Waals surface area contributed by atoms with Crippen molar-refractivity contribution in [3.05, 3.63) is 28.2 Å². The average Bonchev–Trinajstić information content (AvgIpc) is 2.15. The molecule has 1 aromatic carbocycles. The highest BCUT2D eigenvalue weighted by Crippen LogP contribution is 2.30. The number of alkyl halides is 1. The van der Waals surface area contributed by atoms with Gasteiger partial charge in [0.15, 0.2) is 9.84 Å². The molecule has 0 fully saturated rings. The number of nitrogens with two attached hydrogens (primary N) is 1. The Balaban J connectivity index is 3.30. The van der Waals surface area contributed by atoms with Gasteiger partial charge in [-0.3, -0.25) is 0 Å². The van der Waals surface area contributed by atoms with Gasteiger partial charge in [0.2, 0.25) is 0 Å². The summed E-state index contributed by atoms with van der Waals surface area (Å²) in [5.74, 6) is 0. The van der Waals surface area contributed by atoms with Crippen LogP contribution in [-0.4, -0.2) is 21.2 Å². The van der Waals surface area contributed by atoms with Crippen LogP contribution < -0.4 is 5.73 Å². The van der Waals surface area contributed by atoms with Gasteiger partial charge in [-0.1, -0.05) is 6.07 Å². The molecule has 0 saturated heterocycles. The molecule has 1 aromatic rings. The standard InChI is InChI=1S/C10H13BrFNO2S/c1-10(12,6-13)7-3-4-9(8(11)5-7)16(2,14)15/h3-5H,6,13H2,1-2H3. The molecule has 0 aliphatic heterocycles. The summed E-state index contributed by atoms with van der Waals surface area (Å²) in [5.41, 5.74) is 4.01. The van der Waals surface area contributed by atoms with E-state index in [0.717, 1.165) is 6.26 Å². The van der Waals surface area contributed by atoms with Crippen LogP contribution in [0.5, 0.6) is 0 Å². The fourth-order valence-corrected chi connectivity index (χ4v) is 3.23. The van der Waals surface area contributed by atoms with Crippen molar-refractivity contribution in [2.24, 2.45) is 5.73 Å². The molecule has 90 valence electrons. The minimum Gasteiger partial charge on any atom is -0.327 e. The number of halogens is 2. The highest BCUT2D eigenvalue weighted by atomic mass is 79.9. The topological polar surface area (TPSA) is 60.2 Å². The van der Waals surface area contributed by atoms with Crippen molar-refractivity contribution in [2.75, 3.05) is 12.8 Å². The fourth-order valence-electron chi connectivity index (χ4n) is 1.24. The molecule has 0 heterocycles. The van der Waals surface area contributed by atoms with Crippen molar-refractivity contribution in [3.63, 3.8) is 0 Å². The van der Waals surface area contributed by atoms with E-state index in [-0.39, 0.29) is 11.4 Å². The zero-order chi connectivity index (χ0) is 12.6. The third-order valence-electron chi connectivity index (χ3n) is 2.32. The molecular formula is C10H13BrFNO2S. The molecule has 2 N–H and O–H groups in total. The first-order chi connectivity index (χ1) is 7.18. The van der Waals surface area contributed by atoms with E-state index in [2.05, 4.69) is 15.9 Å². The van der Waals surface area contributed by atoms with Crippen LogP contribution in [-0.2, 0) is 15.5 Å². The summed E-state index contributed by atoms with van der Waals surface area (Å²) in [6, 6.07) is 4.26. The molecule has 1 unspecified atom stereocenters. The van der Waals surface area contributed by atoms with E-state index in [0.29, 0.717) is 10.0 Å². The van der Waals surface area contributed by atoms with Crippen LogP contribution in [0.15, 0.2) is 27.6 Å². The second-order valence-corrected chi connectivity index (χ2v) is 6.66. The summed E-state index contributed by atoms with van der Waals surface area (Å²) in [6.07, 6.45) is 1.10. The molecular weight excluding hydrogens is 297 g/mol. The monoisotopic (exact) mass is 309 g/mol. The van der Waals surface area contributed by atoms with Crippen molar-refractivity contribution in [1.82, 2.24) is 0 Å². The Kier molecular flexibility index (Phi) is 3.76. The third kappa shape index (κ3) is 2.81. The molecule has 0 saturated carbocycles. The van der Waals surface area contributed by atoms with Gasteiger partial charge in [0.1, 0.15) is 5.67 Å². The molecule has 16 heavy (non-hydrogen) atoms. The smallest absolute Gasteiger partial charge is 0.176 e. The number of benzene rings is 1. The van der Waals surface area contributed by atoms with Gasteiger partial charge in [-0.2, -0.15) is 0 Å². The van der Waals surface area contributed by atoms with E-state index >= 15 is 0 Å². The van der Waals surface area contributed by atoms with Gasteiger partial charge in [-0.25, -0.2) is 12.8 Å². The molecule has 1 atom stereocenters. The maximum atomic E-state index is 13.9. The zero-order valence-corrected chi connectivity index (χ0v) is 11.4. The van der Waals surface area contributed by atoms with Crippen LogP contribution in [0.1, 0.15) is 12.5 Å². The quantitative estimate of drug-likeness (QED) is 0.929. The number of hydrogen-bond acceptors (Lipinski definition) is 3. The lowest BCUT2D eigenvalue weighted by Gasteiger charge is -2.19. The molecule has 6 heteroatoms. The van der Waals surface area contributed by atoms with Crippen LogP contribution in [0.2, 0.25) is 0 Å². The van der Waals surface area contributed by atoms with Crippen molar-refractivity contribution in [1.29, 1.82) is 0 Å². The predicted octanol–water partition coefficient (Wildman–Crippen LogP) is 2.00. The Morgan fingerprint density at radius 3 is 2.44 bits per heavy atom. The molecule has 0 aliphatic rings. The van der Waals surface area contributed by atoms with Crippen molar-refractivity contribution in [2.45, 2.75) is 17.5 Å². The van der Waals surface area contributed by atoms with Crippen molar-refractivity contribution in [3.8, 4) is 0 Å². The minimum atomic E-state index is -3.30. The lowest BCUT2D eigenvalue weighted by molar-refractivity contribution is 0.203. The Labute approximate surface area is 103 Å². The van der Waals surface area contributed by atoms with Crippen LogP contribution in [0.3, 0.4) is 0 Å². The van der Waals surface area contributed by atoms with E-state index in [9.17, 15) is 12.8 Å². The Morgan fingerprint density at radius 2 is 2.06 bits per heavy atom. The first-order valence-electron chi connectivity index (χ1n) is 4.57. The van der Waals surface area contributed by atoms with Gasteiger partial charge in [0.25, 0.3) is 0 Å². The van der Waals surface area contributed by atoms with E-state index in [1.807, 2.05) is 0 Å². The number of hydrogen-bond donors (Lipinski definition) is 1. The first kappa shape index (κ1) is 13.6. The zero-order valence-electron chi connectivity index (χ0n) is 9.00. The molecule has 0 amide bonds. The molecule has 0 aromatic heterocycles. The van der Waals surface area contributed by atoms with Gasteiger partial charge in [-0.15, -0.1) is 0 Å². The molecule has 0 bridgehead atoms. The van der Waals surface area contributed by atoms with Crippen molar-refractivity contribution < 1.29 is 12.8 Å². The molecule has 0 aliphatic carbocycles. The maximum Gasteiger partial charge on any atom is 0.176 e. The largest absolute Gasteiger partial charge is 0.327 e. The summed E-state index contributed by atoms with van der Waals surface area (Å²) in [4.78, 5) is 0.143. The second-order valence-electron chi connectivity index (χ2n) is 3.82. The van der Waals surface area contributed by atoms with E-state index < -0.39 is 15.5 Å². The Bertz CT molecular complexity index is 500. The third-order valence-corrected chi connectivity index (χ3v) is 4.39. The molecule has 1 rings (SSSR count). The van der Waals surface area contributed by atoms with Gasteiger partial charge in [0, 0.05) is 17.3 Å². The van der Waals surface area contributed by atoms with Crippen molar-refractivity contribution >= 4 is 25.8 Å². The summed E-state index contributed by atoms with van der Waals surface area (Å²) in [7, 11) is -3.30. The second kappa shape index (κ2) is 4.43. The molecule has 0 spiro atoms. The highest BCUT2D eigenvalue weighted by Gasteiger charge is 2.25. The Morgan fingerprint density at radius 1 is 1.50 bits per heavy atom. The van der Waals surface area contributed by atoms with Crippen LogP contribution in [0.4, 0.5) is 4.39 Å². The predicted molar refractivity (Wildman–Crippen MR) is 64.8 cm³/mol. The van der Waals surface area contributed by atoms with Gasteiger partial charge in [-0.05, 0) is 40.5 Å². The van der Waals surface area contributed by atoms with Crippen LogP contribution >= 0.6 is 15.9 Å². The van der Waals surface area contributed by atoms with E-state index in [4.69, 9.17) is 5.73 Å². The maximum absolute atomic E-state index is 13.9. The van der Waals surface area contributed by atoms with Crippen LogP contribution in [0, 0.1) is 0 Å². The van der Waals surface area contributed by atoms with Gasteiger partial charge < -0.3 is 5.73 Å². The summed E-state index contributed by atoms with van der Waals surface area (Å²) >= 11 is 3.12. The summed E-state index contributed by atoms with van der Waals surface area (Å²) in [5, 5.41) is 0. The van der Waals surface area contributed by atoms with Crippen LogP contribution in [0.25, 0.3) is 0 Å². The normalized spacial score (nSPS) is 15.8. The average molecular weight is 310 g/mol. The number of rotatable bonds is 3. The first-order valence-corrected chi connectivity index (χ1v) is 7.26. The van der Waals surface area contributed by atoms with Gasteiger partial charge >= 0.3 is 0 Å². The summed E-state index contributed by atoms with van der Waals surface area (Å²) in [6.45, 7) is 1.20. The Hall–Kier alpha value is -0.460. The fraction of sp³-hybridized carbons (Fsp3) is 0.400. The molecule has 0 radical (unpaired) electrons. The SMILES string of the molecule is CC(F)(CN)c1ccc(S(C)(=O)=O)c(Br)c1. The highest BCUT2D eigenvalue weighted by molar-refractivity contribution is 9.10. The van der Waals surface area contributed by atoms with E-state index in [1.165, 1.54) is 25.1 Å².